The normalized spacial score (nSPS) is 10.3. The van der Waals surface area contributed by atoms with Crippen molar-refractivity contribution < 1.29 is 14.6 Å². The van der Waals surface area contributed by atoms with Gasteiger partial charge in [0.25, 0.3) is 6.33 Å². The number of aromatic nitrogens is 5. The molecule has 7 heteroatoms. The molecular formula is C9H10N5O2+. The van der Waals surface area contributed by atoms with Gasteiger partial charge in [-0.15, -0.1) is 4.68 Å². The first-order chi connectivity index (χ1) is 7.65. The van der Waals surface area contributed by atoms with Gasteiger partial charge in [-0.05, 0) is 10.2 Å². The Morgan fingerprint density at radius 2 is 2.38 bits per heavy atom. The minimum atomic E-state index is -0.873. The molecule has 2 aromatic rings. The van der Waals surface area contributed by atoms with Crippen molar-refractivity contribution in [2.75, 3.05) is 0 Å². The topological polar surface area (TPSA) is 84.8 Å². The maximum Gasteiger partial charge on any atom is 0.307 e. The van der Waals surface area contributed by atoms with E-state index in [2.05, 4.69) is 15.4 Å². The van der Waals surface area contributed by atoms with E-state index >= 15 is 0 Å². The number of pyridine rings is 1. The van der Waals surface area contributed by atoms with Crippen LogP contribution < -0.4 is 4.68 Å². The average Bonchev–Trinajstić information content (AvgIpc) is 2.65. The van der Waals surface area contributed by atoms with E-state index in [1.54, 1.807) is 30.2 Å². The van der Waals surface area contributed by atoms with Gasteiger partial charge in [0, 0.05) is 12.3 Å². The summed E-state index contributed by atoms with van der Waals surface area (Å²) in [7, 11) is 1.75. The molecule has 0 aliphatic carbocycles. The van der Waals surface area contributed by atoms with Crippen LogP contribution in [0.2, 0.25) is 0 Å². The Hall–Kier alpha value is -2.31. The van der Waals surface area contributed by atoms with Crippen LogP contribution in [0.15, 0.2) is 24.7 Å². The van der Waals surface area contributed by atoms with Crippen LogP contribution >= 0.6 is 0 Å². The first-order valence-corrected chi connectivity index (χ1v) is 4.60. The Morgan fingerprint density at radius 3 is 2.88 bits per heavy atom. The maximum absolute atomic E-state index is 10.5. The van der Waals surface area contributed by atoms with Gasteiger partial charge >= 0.3 is 5.97 Å². The lowest BCUT2D eigenvalue weighted by Gasteiger charge is -1.95. The first-order valence-electron chi connectivity index (χ1n) is 4.60. The molecule has 0 aliphatic rings. The molecule has 2 rings (SSSR count). The van der Waals surface area contributed by atoms with Crippen molar-refractivity contribution in [2.24, 2.45) is 7.05 Å². The van der Waals surface area contributed by atoms with Crippen LogP contribution in [0.25, 0.3) is 5.82 Å². The van der Waals surface area contributed by atoms with Crippen molar-refractivity contribution in [1.82, 2.24) is 20.1 Å². The molecule has 0 spiro atoms. The molecule has 1 N–H and O–H groups in total. The van der Waals surface area contributed by atoms with Crippen molar-refractivity contribution in [3.8, 4) is 5.82 Å². The van der Waals surface area contributed by atoms with Gasteiger partial charge in [-0.2, -0.15) is 0 Å². The Kier molecular flexibility index (Phi) is 2.59. The lowest BCUT2D eigenvalue weighted by atomic mass is 10.2. The van der Waals surface area contributed by atoms with Gasteiger partial charge in [0.1, 0.15) is 5.21 Å². The number of carbonyl (C=O) groups is 1. The summed E-state index contributed by atoms with van der Waals surface area (Å²) < 4.78 is 3.05. The molecule has 0 radical (unpaired) electrons. The van der Waals surface area contributed by atoms with Crippen LogP contribution in [0.3, 0.4) is 0 Å². The number of tetrazole rings is 1. The minimum absolute atomic E-state index is 0.0294. The zero-order valence-corrected chi connectivity index (χ0v) is 8.61. The van der Waals surface area contributed by atoms with Gasteiger partial charge in [-0.1, -0.05) is 6.07 Å². The number of hydrogen-bond acceptors (Lipinski definition) is 4. The van der Waals surface area contributed by atoms with Crippen LogP contribution in [0, 0.1) is 0 Å². The quantitative estimate of drug-likeness (QED) is 0.678. The third kappa shape index (κ3) is 2.19. The number of aryl methyl sites for hydroxylation is 1. The second-order valence-corrected chi connectivity index (χ2v) is 3.31. The molecular weight excluding hydrogens is 210 g/mol. The summed E-state index contributed by atoms with van der Waals surface area (Å²) in [4.78, 5) is 14.6. The van der Waals surface area contributed by atoms with Crippen molar-refractivity contribution >= 4 is 5.97 Å². The van der Waals surface area contributed by atoms with E-state index < -0.39 is 5.97 Å². The van der Waals surface area contributed by atoms with Gasteiger partial charge < -0.3 is 5.11 Å². The Labute approximate surface area is 91.0 Å². The van der Waals surface area contributed by atoms with Gasteiger partial charge in [0.05, 0.1) is 13.5 Å². The largest absolute Gasteiger partial charge is 0.481 e. The molecule has 0 aromatic carbocycles. The van der Waals surface area contributed by atoms with Gasteiger partial charge in [0.2, 0.25) is 5.82 Å². The van der Waals surface area contributed by atoms with Gasteiger partial charge in [-0.3, -0.25) is 4.79 Å². The van der Waals surface area contributed by atoms with Gasteiger partial charge in [-0.25, -0.2) is 4.98 Å². The van der Waals surface area contributed by atoms with Crippen LogP contribution in [0.5, 0.6) is 0 Å². The summed E-state index contributed by atoms with van der Waals surface area (Å²) in [6.07, 6.45) is 3.16. The predicted molar refractivity (Wildman–Crippen MR) is 51.7 cm³/mol. The maximum atomic E-state index is 10.5. The summed E-state index contributed by atoms with van der Waals surface area (Å²) in [6, 6.07) is 3.41. The molecule has 0 aliphatic heterocycles. The molecule has 0 saturated carbocycles. The van der Waals surface area contributed by atoms with E-state index in [0.717, 1.165) is 0 Å². The van der Waals surface area contributed by atoms with Gasteiger partial charge in [0.15, 0.2) is 5.21 Å². The molecule has 82 valence electrons. The summed E-state index contributed by atoms with van der Waals surface area (Å²) in [5.74, 6) is -0.274. The zero-order chi connectivity index (χ0) is 11.5. The minimum Gasteiger partial charge on any atom is -0.481 e. The molecule has 0 saturated heterocycles. The number of aliphatic carboxylic acids is 1. The molecule has 0 atom stereocenters. The zero-order valence-electron chi connectivity index (χ0n) is 8.61. The van der Waals surface area contributed by atoms with Crippen LogP contribution in [-0.4, -0.2) is 31.2 Å². The highest BCUT2D eigenvalue weighted by Gasteiger charge is 2.09. The second-order valence-electron chi connectivity index (χ2n) is 3.31. The van der Waals surface area contributed by atoms with E-state index in [0.29, 0.717) is 11.4 Å². The second kappa shape index (κ2) is 4.05. The number of rotatable bonds is 3. The average molecular weight is 220 g/mol. The molecule has 2 heterocycles. The standard InChI is InChI=1S/C9H9N5O2/c1-13-6-14(12-11-13)8-3-2-7(5-10-8)4-9(15)16/h2-3,5-6H,4H2,1H3/p+1. The Balaban J connectivity index is 2.22. The molecule has 2 aromatic heterocycles. The highest BCUT2D eigenvalue weighted by molar-refractivity contribution is 5.70. The fourth-order valence-corrected chi connectivity index (χ4v) is 1.25. The lowest BCUT2D eigenvalue weighted by molar-refractivity contribution is -0.731. The van der Waals surface area contributed by atoms with Crippen molar-refractivity contribution in [3.05, 3.63) is 30.2 Å². The van der Waals surface area contributed by atoms with E-state index in [1.165, 1.54) is 10.9 Å². The van der Waals surface area contributed by atoms with Crippen molar-refractivity contribution in [1.29, 1.82) is 0 Å². The highest BCUT2D eigenvalue weighted by atomic mass is 16.4. The monoisotopic (exact) mass is 220 g/mol. The molecule has 0 amide bonds. The third-order valence-electron chi connectivity index (χ3n) is 1.95. The van der Waals surface area contributed by atoms with Crippen LogP contribution in [0.1, 0.15) is 5.56 Å². The Bertz CT molecular complexity index is 505. The molecule has 16 heavy (non-hydrogen) atoms. The van der Waals surface area contributed by atoms with Crippen molar-refractivity contribution in [3.63, 3.8) is 0 Å². The fraction of sp³-hybridized carbons (Fsp3) is 0.222. The summed E-state index contributed by atoms with van der Waals surface area (Å²) in [5, 5.41) is 16.2. The molecule has 0 fully saturated rings. The highest BCUT2D eigenvalue weighted by Crippen LogP contribution is 2.03. The van der Waals surface area contributed by atoms with E-state index in [-0.39, 0.29) is 6.42 Å². The van der Waals surface area contributed by atoms with E-state index in [4.69, 9.17) is 5.11 Å². The molecule has 0 unspecified atom stereocenters. The molecule has 7 nitrogen and oxygen atoms in total. The Morgan fingerprint density at radius 1 is 1.56 bits per heavy atom. The smallest absolute Gasteiger partial charge is 0.307 e. The van der Waals surface area contributed by atoms with Crippen LogP contribution in [0.4, 0.5) is 0 Å². The first kappa shape index (κ1) is 10.2. The summed E-state index contributed by atoms with van der Waals surface area (Å²) >= 11 is 0. The molecule has 0 bridgehead atoms. The number of carboxylic acids is 1. The van der Waals surface area contributed by atoms with E-state index in [1.807, 2.05) is 0 Å². The van der Waals surface area contributed by atoms with Crippen molar-refractivity contribution in [2.45, 2.75) is 6.42 Å². The number of carboxylic acid groups (broad SMARTS) is 1. The number of nitrogens with zero attached hydrogens (tertiary/aromatic N) is 5. The fourth-order valence-electron chi connectivity index (χ4n) is 1.25. The lowest BCUT2D eigenvalue weighted by Crippen LogP contribution is -2.28. The predicted octanol–water partition coefficient (Wildman–Crippen LogP) is -0.886. The SMILES string of the molecule is C[n+]1cn(-c2ccc(CC(=O)O)cn2)nn1. The third-order valence-corrected chi connectivity index (χ3v) is 1.95. The van der Waals surface area contributed by atoms with E-state index in [9.17, 15) is 4.79 Å². The summed E-state index contributed by atoms with van der Waals surface area (Å²) in [5.41, 5.74) is 0.653. The van der Waals surface area contributed by atoms with Crippen LogP contribution in [-0.2, 0) is 18.3 Å². The number of hydrogen-bond donors (Lipinski definition) is 1. The summed E-state index contributed by atoms with van der Waals surface area (Å²) in [6.45, 7) is 0.